The Bertz CT molecular complexity index is 622. The summed E-state index contributed by atoms with van der Waals surface area (Å²) in [6, 6.07) is 18.2. The van der Waals surface area contributed by atoms with Crippen LogP contribution in [0.15, 0.2) is 54.6 Å². The van der Waals surface area contributed by atoms with Gasteiger partial charge in [0.2, 0.25) is 0 Å². The fraction of sp³-hybridized carbons (Fsp3) is 0.368. The van der Waals surface area contributed by atoms with E-state index in [2.05, 4.69) is 30.3 Å². The van der Waals surface area contributed by atoms with Gasteiger partial charge in [0.1, 0.15) is 5.82 Å². The van der Waals surface area contributed by atoms with Gasteiger partial charge in [0.05, 0.1) is 5.54 Å². The minimum absolute atomic E-state index is 0.0107. The number of piperidine rings is 1. The molecule has 2 aromatic rings. The maximum Gasteiger partial charge on any atom is 0.123 e. The molecule has 2 aliphatic rings. The first kappa shape index (κ1) is 13.0. The molecule has 3 atom stereocenters. The summed E-state index contributed by atoms with van der Waals surface area (Å²) in [5.74, 6) is 0.343. The molecule has 21 heavy (non-hydrogen) atoms. The van der Waals surface area contributed by atoms with Crippen molar-refractivity contribution >= 4 is 0 Å². The van der Waals surface area contributed by atoms with Gasteiger partial charge in [0, 0.05) is 6.04 Å². The number of hydrogen-bond donors (Lipinski definition) is 0. The van der Waals surface area contributed by atoms with Crippen molar-refractivity contribution in [1.29, 1.82) is 0 Å². The van der Waals surface area contributed by atoms with Crippen LogP contribution in [0.4, 0.5) is 4.39 Å². The van der Waals surface area contributed by atoms with Crippen LogP contribution in [0.3, 0.4) is 0 Å². The average Bonchev–Trinajstić information content (AvgIpc) is 2.85. The van der Waals surface area contributed by atoms with Gasteiger partial charge in [-0.1, -0.05) is 42.5 Å². The van der Waals surface area contributed by atoms with Crippen LogP contribution in [0.1, 0.15) is 42.7 Å². The van der Waals surface area contributed by atoms with E-state index in [-0.39, 0.29) is 11.4 Å². The molecular weight excluding hydrogens is 261 g/mol. The smallest absolute Gasteiger partial charge is 0.123 e. The van der Waals surface area contributed by atoms with E-state index in [0.29, 0.717) is 12.0 Å². The minimum atomic E-state index is -0.153. The van der Waals surface area contributed by atoms with Crippen LogP contribution < -0.4 is 5.32 Å². The lowest BCUT2D eigenvalue weighted by molar-refractivity contribution is 0.245. The molecule has 2 heterocycles. The lowest BCUT2D eigenvalue weighted by Gasteiger charge is -2.38. The summed E-state index contributed by atoms with van der Waals surface area (Å²) in [6.07, 6.45) is 4.51. The SMILES string of the molecule is Fc1ccc(C2CC3CCC(c4ccccc4)(C2)[N]3)cc1. The Labute approximate surface area is 125 Å². The van der Waals surface area contributed by atoms with Crippen molar-refractivity contribution < 1.29 is 4.39 Å². The Morgan fingerprint density at radius 1 is 1.00 bits per heavy atom. The van der Waals surface area contributed by atoms with Crippen LogP contribution in [0.5, 0.6) is 0 Å². The first-order valence-electron chi connectivity index (χ1n) is 7.78. The number of halogens is 1. The number of nitrogens with zero attached hydrogens (tertiary/aromatic N) is 1. The summed E-state index contributed by atoms with van der Waals surface area (Å²) in [5, 5.41) is 5.11. The fourth-order valence-corrected chi connectivity index (χ4v) is 4.10. The van der Waals surface area contributed by atoms with Crippen LogP contribution in [0, 0.1) is 5.82 Å². The monoisotopic (exact) mass is 280 g/mol. The van der Waals surface area contributed by atoms with E-state index in [4.69, 9.17) is 5.32 Å². The summed E-state index contributed by atoms with van der Waals surface area (Å²) >= 11 is 0. The highest BCUT2D eigenvalue weighted by atomic mass is 19.1. The number of hydrogen-bond acceptors (Lipinski definition) is 0. The van der Waals surface area contributed by atoms with E-state index in [0.717, 1.165) is 19.3 Å². The molecular formula is C19H19FN. The van der Waals surface area contributed by atoms with E-state index < -0.39 is 0 Å². The predicted molar refractivity (Wildman–Crippen MR) is 81.7 cm³/mol. The van der Waals surface area contributed by atoms with E-state index >= 15 is 0 Å². The summed E-state index contributed by atoms with van der Waals surface area (Å²) in [7, 11) is 0. The Kier molecular flexibility index (Phi) is 3.07. The normalized spacial score (nSPS) is 31.3. The molecule has 1 nitrogen and oxygen atoms in total. The van der Waals surface area contributed by atoms with E-state index in [1.165, 1.54) is 17.5 Å². The van der Waals surface area contributed by atoms with Gasteiger partial charge < -0.3 is 0 Å². The minimum Gasteiger partial charge on any atom is -0.227 e. The van der Waals surface area contributed by atoms with Crippen molar-refractivity contribution in [2.24, 2.45) is 0 Å². The first-order valence-corrected chi connectivity index (χ1v) is 7.78. The summed E-state index contributed by atoms with van der Waals surface area (Å²) in [6.45, 7) is 0. The molecule has 2 bridgehead atoms. The van der Waals surface area contributed by atoms with Crippen molar-refractivity contribution in [2.45, 2.75) is 43.2 Å². The van der Waals surface area contributed by atoms with E-state index in [1.54, 1.807) is 12.1 Å². The Hall–Kier alpha value is -1.67. The molecule has 0 spiro atoms. The van der Waals surface area contributed by atoms with E-state index in [1.807, 2.05) is 12.1 Å². The molecule has 4 rings (SSSR count). The summed E-state index contributed by atoms with van der Waals surface area (Å²) < 4.78 is 13.1. The summed E-state index contributed by atoms with van der Waals surface area (Å²) in [4.78, 5) is 0. The molecule has 107 valence electrons. The van der Waals surface area contributed by atoms with Gasteiger partial charge in [-0.05, 0) is 54.9 Å². The molecule has 0 N–H and O–H groups in total. The second kappa shape index (κ2) is 4.96. The average molecular weight is 280 g/mol. The zero-order chi connectivity index (χ0) is 14.3. The lowest BCUT2D eigenvalue weighted by atomic mass is 9.76. The van der Waals surface area contributed by atoms with Gasteiger partial charge in [-0.25, -0.2) is 9.71 Å². The third-order valence-electron chi connectivity index (χ3n) is 5.11. The quantitative estimate of drug-likeness (QED) is 0.776. The van der Waals surface area contributed by atoms with Crippen molar-refractivity contribution in [3.8, 4) is 0 Å². The molecule has 2 heteroatoms. The second-order valence-corrected chi connectivity index (χ2v) is 6.41. The Morgan fingerprint density at radius 2 is 1.76 bits per heavy atom. The zero-order valence-electron chi connectivity index (χ0n) is 12.0. The molecule has 1 radical (unpaired) electrons. The highest BCUT2D eigenvalue weighted by Gasteiger charge is 2.47. The summed E-state index contributed by atoms with van der Waals surface area (Å²) in [5.41, 5.74) is 2.60. The van der Waals surface area contributed by atoms with Gasteiger partial charge in [-0.2, -0.15) is 0 Å². The fourth-order valence-electron chi connectivity index (χ4n) is 4.10. The van der Waals surface area contributed by atoms with Gasteiger partial charge in [-0.15, -0.1) is 0 Å². The van der Waals surface area contributed by atoms with Gasteiger partial charge in [0.15, 0.2) is 0 Å². The third-order valence-corrected chi connectivity index (χ3v) is 5.11. The maximum atomic E-state index is 13.1. The van der Waals surface area contributed by atoms with Crippen LogP contribution in [0.25, 0.3) is 0 Å². The number of benzene rings is 2. The molecule has 2 fully saturated rings. The van der Waals surface area contributed by atoms with Crippen molar-refractivity contribution in [3.05, 3.63) is 71.5 Å². The van der Waals surface area contributed by atoms with Crippen molar-refractivity contribution in [1.82, 2.24) is 5.32 Å². The largest absolute Gasteiger partial charge is 0.227 e. The number of rotatable bonds is 2. The molecule has 0 saturated carbocycles. The first-order chi connectivity index (χ1) is 10.3. The Balaban J connectivity index is 1.67. The van der Waals surface area contributed by atoms with Gasteiger partial charge in [-0.3, -0.25) is 0 Å². The van der Waals surface area contributed by atoms with Crippen molar-refractivity contribution in [2.75, 3.05) is 0 Å². The Morgan fingerprint density at radius 3 is 2.52 bits per heavy atom. The molecule has 0 aliphatic carbocycles. The molecule has 0 amide bonds. The van der Waals surface area contributed by atoms with E-state index in [9.17, 15) is 4.39 Å². The van der Waals surface area contributed by atoms with Crippen LogP contribution in [-0.2, 0) is 5.54 Å². The van der Waals surface area contributed by atoms with Crippen LogP contribution in [0.2, 0.25) is 0 Å². The van der Waals surface area contributed by atoms with Crippen LogP contribution in [-0.4, -0.2) is 6.04 Å². The molecule has 2 saturated heterocycles. The zero-order valence-corrected chi connectivity index (χ0v) is 12.0. The topological polar surface area (TPSA) is 14.1 Å². The lowest BCUT2D eigenvalue weighted by Crippen LogP contribution is -2.41. The highest BCUT2D eigenvalue weighted by Crippen LogP contribution is 2.49. The van der Waals surface area contributed by atoms with Crippen LogP contribution >= 0.6 is 0 Å². The molecule has 0 aromatic heterocycles. The molecule has 3 unspecified atom stereocenters. The maximum absolute atomic E-state index is 13.1. The predicted octanol–water partition coefficient (Wildman–Crippen LogP) is 4.37. The van der Waals surface area contributed by atoms with Crippen molar-refractivity contribution in [3.63, 3.8) is 0 Å². The standard InChI is InChI=1S/C19H19FN/c20-17-8-6-14(7-9-17)15-12-18-10-11-19(13-15,21-18)16-4-2-1-3-5-16/h1-9,15,18H,10-13H2. The highest BCUT2D eigenvalue weighted by molar-refractivity contribution is 5.31. The second-order valence-electron chi connectivity index (χ2n) is 6.41. The third kappa shape index (κ3) is 2.28. The van der Waals surface area contributed by atoms with Gasteiger partial charge >= 0.3 is 0 Å². The molecule has 2 aromatic carbocycles. The van der Waals surface area contributed by atoms with Gasteiger partial charge in [0.25, 0.3) is 0 Å². The molecule has 2 aliphatic heterocycles. The number of fused-ring (bicyclic) bond motifs is 2.